The highest BCUT2D eigenvalue weighted by Gasteiger charge is 2.17. The molecule has 5 nitrogen and oxygen atoms in total. The Morgan fingerprint density at radius 3 is 2.89 bits per heavy atom. The van der Waals surface area contributed by atoms with E-state index in [1.165, 1.54) is 11.3 Å². The number of aryl methyl sites for hydroxylation is 1. The van der Waals surface area contributed by atoms with Crippen molar-refractivity contribution in [2.24, 2.45) is 0 Å². The van der Waals surface area contributed by atoms with Crippen molar-refractivity contribution in [2.45, 2.75) is 13.5 Å². The van der Waals surface area contributed by atoms with Crippen LogP contribution < -0.4 is 5.32 Å². The highest BCUT2D eigenvalue weighted by molar-refractivity contribution is 9.10. The number of nitrogens with one attached hydrogen (secondary N) is 1. The minimum atomic E-state index is -0.550. The van der Waals surface area contributed by atoms with Gasteiger partial charge >= 0.3 is 0 Å². The van der Waals surface area contributed by atoms with Crippen molar-refractivity contribution < 1.29 is 9.31 Å². The Bertz CT molecular complexity index is 632. The summed E-state index contributed by atoms with van der Waals surface area (Å²) in [5.41, 5.74) is 2.54. The second-order valence-corrected chi connectivity index (χ2v) is 5.55. The van der Waals surface area contributed by atoms with Gasteiger partial charge in [-0.05, 0) is 22.9 Å². The van der Waals surface area contributed by atoms with E-state index in [0.717, 1.165) is 22.7 Å². The van der Waals surface area contributed by atoms with Gasteiger partial charge in [0, 0.05) is 17.0 Å². The maximum Gasteiger partial charge on any atom is 0.293 e. The van der Waals surface area contributed by atoms with Crippen LogP contribution in [-0.4, -0.2) is 9.91 Å². The van der Waals surface area contributed by atoms with Gasteiger partial charge in [0.2, 0.25) is 0 Å². The van der Waals surface area contributed by atoms with E-state index < -0.39 is 10.7 Å². The van der Waals surface area contributed by atoms with E-state index in [0.29, 0.717) is 6.54 Å². The molecular weight excluding hydrogens is 337 g/mol. The molecule has 2 rings (SSSR count). The molecule has 0 fully saturated rings. The summed E-state index contributed by atoms with van der Waals surface area (Å²) >= 11 is 4.38. The Kier molecular flexibility index (Phi) is 4.11. The van der Waals surface area contributed by atoms with E-state index in [1.807, 2.05) is 6.92 Å². The highest BCUT2D eigenvalue weighted by Crippen LogP contribution is 2.31. The van der Waals surface area contributed by atoms with Crippen LogP contribution in [0.15, 0.2) is 22.1 Å². The smallest absolute Gasteiger partial charge is 0.293 e. The number of nitro groups is 1. The van der Waals surface area contributed by atoms with E-state index in [9.17, 15) is 14.5 Å². The van der Waals surface area contributed by atoms with Gasteiger partial charge in [-0.2, -0.15) is 0 Å². The fourth-order valence-electron chi connectivity index (χ4n) is 1.50. The van der Waals surface area contributed by atoms with Crippen LogP contribution in [0.25, 0.3) is 0 Å². The maximum absolute atomic E-state index is 13.4. The molecule has 0 unspecified atom stereocenters. The normalized spacial score (nSPS) is 10.5. The molecule has 0 amide bonds. The topological polar surface area (TPSA) is 68.1 Å². The molecule has 0 bridgehead atoms. The average Bonchev–Trinajstić information content (AvgIpc) is 2.75. The number of rotatable bonds is 4. The monoisotopic (exact) mass is 345 g/mol. The number of anilines is 1. The number of hydrogen-bond donors (Lipinski definition) is 1. The summed E-state index contributed by atoms with van der Waals surface area (Å²) in [5.74, 6) is -0.547. The minimum absolute atomic E-state index is 0.0683. The van der Waals surface area contributed by atoms with Crippen LogP contribution in [0.2, 0.25) is 0 Å². The average molecular weight is 346 g/mol. The van der Waals surface area contributed by atoms with Gasteiger partial charge in [0.05, 0.1) is 27.1 Å². The summed E-state index contributed by atoms with van der Waals surface area (Å²) < 4.78 is 13.5. The van der Waals surface area contributed by atoms with Crippen molar-refractivity contribution in [1.29, 1.82) is 0 Å². The van der Waals surface area contributed by atoms with Crippen LogP contribution in [0.1, 0.15) is 10.6 Å². The third-order valence-corrected chi connectivity index (χ3v) is 4.06. The summed E-state index contributed by atoms with van der Waals surface area (Å²) in [5, 5.41) is 13.8. The lowest BCUT2D eigenvalue weighted by Gasteiger charge is -2.07. The van der Waals surface area contributed by atoms with Gasteiger partial charge in [0.1, 0.15) is 11.5 Å². The fourth-order valence-corrected chi connectivity index (χ4v) is 2.55. The zero-order valence-corrected chi connectivity index (χ0v) is 12.2. The Morgan fingerprint density at radius 2 is 2.32 bits per heavy atom. The lowest BCUT2D eigenvalue weighted by atomic mass is 10.2. The van der Waals surface area contributed by atoms with Gasteiger partial charge in [-0.1, -0.05) is 0 Å². The van der Waals surface area contributed by atoms with Gasteiger partial charge in [0.25, 0.3) is 5.69 Å². The number of nitro benzene ring substituents is 1. The first-order valence-corrected chi connectivity index (χ1v) is 6.92. The second kappa shape index (κ2) is 5.62. The number of benzene rings is 1. The first-order valence-electron chi connectivity index (χ1n) is 5.25. The van der Waals surface area contributed by atoms with Crippen molar-refractivity contribution in [1.82, 2.24) is 4.98 Å². The molecular formula is C11H9BrFN3O2S. The quantitative estimate of drug-likeness (QED) is 0.674. The van der Waals surface area contributed by atoms with E-state index >= 15 is 0 Å². The third kappa shape index (κ3) is 3.07. The Morgan fingerprint density at radius 1 is 1.58 bits per heavy atom. The third-order valence-electron chi connectivity index (χ3n) is 2.52. The molecule has 0 spiro atoms. The van der Waals surface area contributed by atoms with E-state index in [1.54, 1.807) is 5.51 Å². The molecule has 0 radical (unpaired) electrons. The molecule has 0 atom stereocenters. The first-order chi connectivity index (χ1) is 8.99. The van der Waals surface area contributed by atoms with Crippen LogP contribution in [0.4, 0.5) is 15.8 Å². The molecule has 2 aromatic rings. The van der Waals surface area contributed by atoms with Gasteiger partial charge in [-0.25, -0.2) is 9.37 Å². The lowest BCUT2D eigenvalue weighted by molar-refractivity contribution is -0.384. The lowest BCUT2D eigenvalue weighted by Crippen LogP contribution is -2.03. The molecule has 8 heteroatoms. The Hall–Kier alpha value is -1.54. The van der Waals surface area contributed by atoms with Crippen LogP contribution in [0.5, 0.6) is 0 Å². The van der Waals surface area contributed by atoms with Crippen LogP contribution in [-0.2, 0) is 6.54 Å². The molecule has 0 aliphatic rings. The molecule has 1 aromatic heterocycles. The molecule has 19 heavy (non-hydrogen) atoms. The highest BCUT2D eigenvalue weighted by atomic mass is 79.9. The first kappa shape index (κ1) is 13.9. The standard InChI is InChI=1S/C11H9BrFN3O2S/c1-6-11(19-5-15-6)4-14-9-3-8(13)7(12)2-10(9)16(17)18/h2-3,5,14H,4H2,1H3. The van der Waals surface area contributed by atoms with Crippen molar-refractivity contribution >= 4 is 38.6 Å². The molecule has 1 aromatic carbocycles. The van der Waals surface area contributed by atoms with E-state index in [2.05, 4.69) is 26.2 Å². The van der Waals surface area contributed by atoms with Crippen LogP contribution in [0.3, 0.4) is 0 Å². The number of halogens is 2. The van der Waals surface area contributed by atoms with Crippen molar-refractivity contribution in [3.8, 4) is 0 Å². The summed E-state index contributed by atoms with van der Waals surface area (Å²) in [4.78, 5) is 15.4. The zero-order chi connectivity index (χ0) is 14.0. The maximum atomic E-state index is 13.4. The molecule has 0 saturated carbocycles. The molecule has 0 aliphatic carbocycles. The van der Waals surface area contributed by atoms with Crippen LogP contribution in [0, 0.1) is 22.9 Å². The summed E-state index contributed by atoms with van der Waals surface area (Å²) in [6.07, 6.45) is 0. The van der Waals surface area contributed by atoms with E-state index in [4.69, 9.17) is 0 Å². The zero-order valence-electron chi connectivity index (χ0n) is 9.81. The number of aromatic nitrogens is 1. The van der Waals surface area contributed by atoms with Crippen LogP contribution >= 0.6 is 27.3 Å². The predicted octanol–water partition coefficient (Wildman–Crippen LogP) is 3.87. The molecule has 0 saturated heterocycles. The van der Waals surface area contributed by atoms with Crippen molar-refractivity contribution in [2.75, 3.05) is 5.32 Å². The molecule has 100 valence electrons. The molecule has 1 N–H and O–H groups in total. The number of thiazole rings is 1. The van der Waals surface area contributed by atoms with Gasteiger partial charge < -0.3 is 5.32 Å². The minimum Gasteiger partial charge on any atom is -0.374 e. The molecule has 1 heterocycles. The summed E-state index contributed by atoms with van der Waals surface area (Å²) in [6, 6.07) is 2.26. The summed E-state index contributed by atoms with van der Waals surface area (Å²) in [6.45, 7) is 2.22. The SMILES string of the molecule is Cc1ncsc1CNc1cc(F)c(Br)cc1[N+](=O)[O-]. The van der Waals surface area contributed by atoms with Crippen molar-refractivity contribution in [3.05, 3.63) is 48.6 Å². The predicted molar refractivity (Wildman–Crippen MR) is 74.9 cm³/mol. The Labute approximate surface area is 120 Å². The largest absolute Gasteiger partial charge is 0.374 e. The second-order valence-electron chi connectivity index (χ2n) is 3.76. The number of nitrogens with zero attached hydrogens (tertiary/aromatic N) is 2. The van der Waals surface area contributed by atoms with Gasteiger partial charge in [-0.15, -0.1) is 11.3 Å². The van der Waals surface area contributed by atoms with Crippen molar-refractivity contribution in [3.63, 3.8) is 0 Å². The summed E-state index contributed by atoms with van der Waals surface area (Å²) in [7, 11) is 0. The van der Waals surface area contributed by atoms with Gasteiger partial charge in [0.15, 0.2) is 0 Å². The molecule has 0 aliphatic heterocycles. The van der Waals surface area contributed by atoms with Gasteiger partial charge in [-0.3, -0.25) is 10.1 Å². The Balaban J connectivity index is 2.26. The fraction of sp³-hybridized carbons (Fsp3) is 0.182. The number of hydrogen-bond acceptors (Lipinski definition) is 5. The van der Waals surface area contributed by atoms with E-state index in [-0.39, 0.29) is 15.8 Å².